The zero-order valence-electron chi connectivity index (χ0n) is 19.2. The number of amides is 2. The first kappa shape index (κ1) is 23.7. The van der Waals surface area contributed by atoms with Gasteiger partial charge in [0.2, 0.25) is 5.75 Å². The third-order valence-corrected chi connectivity index (χ3v) is 6.48. The average Bonchev–Trinajstić information content (AvgIpc) is 3.04. The summed E-state index contributed by atoms with van der Waals surface area (Å²) in [6.45, 7) is 0.668. The first-order valence-electron chi connectivity index (χ1n) is 11.7. The predicted molar refractivity (Wildman–Crippen MR) is 121 cm³/mol. The van der Waals surface area contributed by atoms with Crippen molar-refractivity contribution in [1.82, 2.24) is 19.8 Å². The number of aromatic hydroxyl groups is 1. The van der Waals surface area contributed by atoms with E-state index >= 15 is 0 Å². The van der Waals surface area contributed by atoms with Crippen LogP contribution in [0, 0.1) is 5.82 Å². The molecule has 1 aromatic heterocycles. The Morgan fingerprint density at radius 3 is 2.76 bits per heavy atom. The lowest BCUT2D eigenvalue weighted by Crippen LogP contribution is -2.37. The zero-order chi connectivity index (χ0) is 24.2. The first-order valence-corrected chi connectivity index (χ1v) is 11.7. The topological polar surface area (TPSA) is 114 Å². The summed E-state index contributed by atoms with van der Waals surface area (Å²) in [4.78, 5) is 44.4. The minimum atomic E-state index is -0.732. The number of ether oxygens (including phenoxy) is 1. The van der Waals surface area contributed by atoms with Crippen molar-refractivity contribution in [2.75, 3.05) is 13.7 Å². The molecule has 2 bridgehead atoms. The summed E-state index contributed by atoms with van der Waals surface area (Å²) in [6, 6.07) is 3.82. The Bertz CT molecular complexity index is 1150. The van der Waals surface area contributed by atoms with E-state index in [-0.39, 0.29) is 24.8 Å². The third-order valence-electron chi connectivity index (χ3n) is 6.48. The predicted octanol–water partition coefficient (Wildman–Crippen LogP) is 3.04. The average molecular weight is 473 g/mol. The second kappa shape index (κ2) is 10.2. The smallest absolute Gasteiger partial charge is 0.410 e. The number of nitrogens with zero attached hydrogens (tertiary/aromatic N) is 3. The molecule has 0 saturated carbocycles. The molecule has 0 aliphatic carbocycles. The largest absolute Gasteiger partial charge is 0.501 e. The van der Waals surface area contributed by atoms with Crippen LogP contribution >= 0.6 is 0 Å². The second-order valence-electron chi connectivity index (χ2n) is 8.77. The van der Waals surface area contributed by atoms with E-state index in [1.54, 1.807) is 13.1 Å². The van der Waals surface area contributed by atoms with Gasteiger partial charge in [-0.15, -0.1) is 0 Å². The van der Waals surface area contributed by atoms with Gasteiger partial charge in [0.25, 0.3) is 11.5 Å². The summed E-state index contributed by atoms with van der Waals surface area (Å²) < 4.78 is 20.6. The number of hydrogen-bond donors (Lipinski definition) is 2. The quantitative estimate of drug-likeness (QED) is 0.609. The van der Waals surface area contributed by atoms with Gasteiger partial charge in [-0.25, -0.2) is 14.2 Å². The van der Waals surface area contributed by atoms with Gasteiger partial charge in [-0.1, -0.05) is 6.07 Å². The second-order valence-corrected chi connectivity index (χ2v) is 8.77. The summed E-state index contributed by atoms with van der Waals surface area (Å²) in [5.41, 5.74) is 0.400. The molecule has 3 heterocycles. The van der Waals surface area contributed by atoms with Gasteiger partial charge < -0.3 is 20.1 Å². The van der Waals surface area contributed by atoms with Gasteiger partial charge in [-0.3, -0.25) is 14.2 Å². The number of carbonyl (C=O) groups excluding carboxylic acids is 2. The first-order chi connectivity index (χ1) is 16.4. The van der Waals surface area contributed by atoms with E-state index in [4.69, 9.17) is 4.74 Å². The zero-order valence-corrected chi connectivity index (χ0v) is 19.2. The minimum absolute atomic E-state index is 0.0961. The Morgan fingerprint density at radius 2 is 1.94 bits per heavy atom. The molecule has 4 rings (SSSR count). The van der Waals surface area contributed by atoms with E-state index in [1.807, 2.05) is 0 Å². The van der Waals surface area contributed by atoms with Crippen molar-refractivity contribution >= 4 is 12.0 Å². The molecule has 0 saturated heterocycles. The standard InChI is InChI=1S/C24H29FN4O5/c1-28-18-8-4-5-11-29-21(18)27-19(20(30)23(29)32)22(31)26-14-16-9-10-17(25)13-15(16)7-3-2-6-12-34-24(28)33/h9-10,13,18,30H,2-8,11-12,14H2,1H3,(H,26,31). The Labute approximate surface area is 196 Å². The van der Waals surface area contributed by atoms with Gasteiger partial charge in [0.15, 0.2) is 5.69 Å². The lowest BCUT2D eigenvalue weighted by Gasteiger charge is -2.27. The number of carbonyl (C=O) groups is 2. The fourth-order valence-electron chi connectivity index (χ4n) is 4.54. The van der Waals surface area contributed by atoms with E-state index in [9.17, 15) is 23.9 Å². The summed E-state index contributed by atoms with van der Waals surface area (Å²) in [7, 11) is 1.58. The number of cyclic esters (lactones) is 1. The molecule has 1 unspecified atom stereocenters. The molecule has 9 nitrogen and oxygen atoms in total. The molecule has 2 N–H and O–H groups in total. The molecule has 2 aliphatic heterocycles. The van der Waals surface area contributed by atoms with Crippen LogP contribution in [0.4, 0.5) is 9.18 Å². The molecular weight excluding hydrogens is 443 g/mol. The Morgan fingerprint density at radius 1 is 1.12 bits per heavy atom. The number of rotatable bonds is 0. The molecule has 0 spiro atoms. The molecular formula is C24H29FN4O5. The van der Waals surface area contributed by atoms with E-state index in [1.165, 1.54) is 21.6 Å². The van der Waals surface area contributed by atoms with Crippen LogP contribution in [0.2, 0.25) is 0 Å². The Kier molecular flexibility index (Phi) is 7.14. The van der Waals surface area contributed by atoms with E-state index < -0.39 is 35.0 Å². The van der Waals surface area contributed by atoms with Gasteiger partial charge in [0.1, 0.15) is 11.6 Å². The molecule has 1 atom stereocenters. The molecule has 34 heavy (non-hydrogen) atoms. The van der Waals surface area contributed by atoms with E-state index in [0.717, 1.165) is 30.4 Å². The molecule has 2 amide bonds. The highest BCUT2D eigenvalue weighted by molar-refractivity contribution is 5.94. The highest BCUT2D eigenvalue weighted by atomic mass is 19.1. The number of halogens is 1. The highest BCUT2D eigenvalue weighted by Crippen LogP contribution is 2.29. The molecule has 10 heteroatoms. The maximum atomic E-state index is 13.8. The normalized spacial score (nSPS) is 19.9. The SMILES string of the molecule is CN1C(=O)OCCCCCc2cc(F)ccc2CNC(=O)c2nc3n(c(=O)c2O)CCCCC31. The summed E-state index contributed by atoms with van der Waals surface area (Å²) in [6.07, 6.45) is 4.24. The lowest BCUT2D eigenvalue weighted by molar-refractivity contribution is 0.0911. The summed E-state index contributed by atoms with van der Waals surface area (Å²) >= 11 is 0. The summed E-state index contributed by atoms with van der Waals surface area (Å²) in [5, 5.41) is 13.2. The van der Waals surface area contributed by atoms with Gasteiger partial charge in [0, 0.05) is 20.1 Å². The molecule has 1 aromatic carbocycles. The maximum absolute atomic E-state index is 13.8. The van der Waals surface area contributed by atoms with Crippen molar-refractivity contribution in [1.29, 1.82) is 0 Å². The molecule has 2 aromatic rings. The van der Waals surface area contributed by atoms with Crippen molar-refractivity contribution in [2.24, 2.45) is 0 Å². The Hall–Kier alpha value is -3.43. The van der Waals surface area contributed by atoms with Crippen molar-refractivity contribution in [3.63, 3.8) is 0 Å². The van der Waals surface area contributed by atoms with Crippen molar-refractivity contribution in [2.45, 2.75) is 64.1 Å². The minimum Gasteiger partial charge on any atom is -0.501 e. The number of hydrogen-bond acceptors (Lipinski definition) is 6. The van der Waals surface area contributed by atoms with Crippen LogP contribution < -0.4 is 10.9 Å². The van der Waals surface area contributed by atoms with Crippen LogP contribution in [-0.2, 0) is 24.2 Å². The van der Waals surface area contributed by atoms with E-state index in [0.29, 0.717) is 32.2 Å². The molecule has 0 fully saturated rings. The van der Waals surface area contributed by atoms with Crippen molar-refractivity contribution in [3.05, 3.63) is 57.0 Å². The number of benzene rings is 1. The van der Waals surface area contributed by atoms with Crippen LogP contribution in [0.5, 0.6) is 5.75 Å². The van der Waals surface area contributed by atoms with Crippen molar-refractivity contribution in [3.8, 4) is 5.75 Å². The number of aromatic nitrogens is 2. The van der Waals surface area contributed by atoms with Gasteiger partial charge >= 0.3 is 6.09 Å². The fraction of sp³-hybridized carbons (Fsp3) is 0.500. The monoisotopic (exact) mass is 472 g/mol. The molecule has 182 valence electrons. The van der Waals surface area contributed by atoms with Gasteiger partial charge in [0.05, 0.1) is 12.6 Å². The van der Waals surface area contributed by atoms with Crippen LogP contribution in [-0.4, -0.2) is 45.2 Å². The number of fused-ring (bicyclic) bond motifs is 2. The maximum Gasteiger partial charge on any atom is 0.410 e. The third kappa shape index (κ3) is 4.90. The number of aryl methyl sites for hydroxylation is 1. The number of nitrogens with one attached hydrogen (secondary N) is 1. The van der Waals surface area contributed by atoms with Crippen LogP contribution in [0.15, 0.2) is 23.0 Å². The van der Waals surface area contributed by atoms with E-state index in [2.05, 4.69) is 10.3 Å². The molecule has 0 radical (unpaired) electrons. The Balaban J connectivity index is 1.74. The van der Waals surface area contributed by atoms with Crippen molar-refractivity contribution < 1.29 is 23.8 Å². The summed E-state index contributed by atoms with van der Waals surface area (Å²) in [5.74, 6) is -1.57. The lowest BCUT2D eigenvalue weighted by atomic mass is 10.0. The fourth-order valence-corrected chi connectivity index (χ4v) is 4.54. The van der Waals surface area contributed by atoms with Gasteiger partial charge in [-0.2, -0.15) is 0 Å². The highest BCUT2D eigenvalue weighted by Gasteiger charge is 2.32. The van der Waals surface area contributed by atoms with Crippen LogP contribution in [0.25, 0.3) is 0 Å². The van der Waals surface area contributed by atoms with Gasteiger partial charge in [-0.05, 0) is 68.2 Å². The van der Waals surface area contributed by atoms with Crippen LogP contribution in [0.1, 0.15) is 72.0 Å². The van der Waals surface area contributed by atoms with Crippen LogP contribution in [0.3, 0.4) is 0 Å². The molecule has 2 aliphatic rings.